The van der Waals surface area contributed by atoms with E-state index in [0.717, 1.165) is 10.8 Å². The SMILES string of the molecule is O=C(c1nccc2ccccc12)C1CC2COCC(C1)N2C(=O)OCC1c2ccccc2-c2ccccc21. The minimum Gasteiger partial charge on any atom is -0.448 e. The van der Waals surface area contributed by atoms with Gasteiger partial charge in [-0.3, -0.25) is 14.7 Å². The van der Waals surface area contributed by atoms with Crippen LogP contribution < -0.4 is 0 Å². The molecule has 3 aliphatic rings. The molecular weight excluding hydrogens is 476 g/mol. The van der Waals surface area contributed by atoms with Gasteiger partial charge in [-0.05, 0) is 46.5 Å². The Morgan fingerprint density at radius 1 is 0.842 bits per heavy atom. The number of pyridine rings is 1. The molecule has 0 spiro atoms. The molecule has 2 unspecified atom stereocenters. The summed E-state index contributed by atoms with van der Waals surface area (Å²) in [7, 11) is 0. The number of benzene rings is 3. The molecule has 2 saturated heterocycles. The van der Waals surface area contributed by atoms with Crippen LogP contribution in [0.5, 0.6) is 0 Å². The summed E-state index contributed by atoms with van der Waals surface area (Å²) in [6, 6.07) is 26.0. The van der Waals surface area contributed by atoms with E-state index in [4.69, 9.17) is 9.47 Å². The highest BCUT2D eigenvalue weighted by Gasteiger charge is 2.45. The zero-order valence-corrected chi connectivity index (χ0v) is 21.0. The second-order valence-electron chi connectivity index (χ2n) is 10.5. The minimum atomic E-state index is -0.320. The van der Waals surface area contributed by atoms with E-state index < -0.39 is 0 Å². The summed E-state index contributed by atoms with van der Waals surface area (Å²) in [5.41, 5.74) is 5.31. The fraction of sp³-hybridized carbons (Fsp3) is 0.281. The zero-order chi connectivity index (χ0) is 25.6. The summed E-state index contributed by atoms with van der Waals surface area (Å²) in [6.07, 6.45) is 2.47. The predicted octanol–water partition coefficient (Wildman–Crippen LogP) is 5.85. The van der Waals surface area contributed by atoms with Gasteiger partial charge in [0, 0.05) is 23.4 Å². The van der Waals surface area contributed by atoms with Crippen LogP contribution in [-0.2, 0) is 9.47 Å². The number of fused-ring (bicyclic) bond motifs is 6. The van der Waals surface area contributed by atoms with Gasteiger partial charge in [0.2, 0.25) is 0 Å². The topological polar surface area (TPSA) is 68.7 Å². The van der Waals surface area contributed by atoms with Gasteiger partial charge < -0.3 is 9.47 Å². The van der Waals surface area contributed by atoms with Gasteiger partial charge >= 0.3 is 6.09 Å². The highest BCUT2D eigenvalue weighted by Crippen LogP contribution is 2.45. The fourth-order valence-electron chi connectivity index (χ4n) is 6.61. The Morgan fingerprint density at radius 3 is 2.18 bits per heavy atom. The quantitative estimate of drug-likeness (QED) is 0.326. The standard InChI is InChI=1S/C32H28N2O4/c35-31(30-24-8-2-1-7-20(24)13-14-33-30)21-15-22-17-37-18-23(16-21)34(22)32(36)38-19-29-27-11-5-3-9-25(27)26-10-4-6-12-28(26)29/h1-14,21-23,29H,15-19H2. The van der Waals surface area contributed by atoms with Crippen molar-refractivity contribution in [3.8, 4) is 11.1 Å². The van der Waals surface area contributed by atoms with E-state index in [0.29, 0.717) is 31.7 Å². The van der Waals surface area contributed by atoms with Gasteiger partial charge in [0.05, 0.1) is 25.3 Å². The Bertz CT molecular complexity index is 1480. The monoisotopic (exact) mass is 504 g/mol. The van der Waals surface area contributed by atoms with Crippen LogP contribution in [0.3, 0.4) is 0 Å². The molecule has 38 heavy (non-hydrogen) atoms. The van der Waals surface area contributed by atoms with Crippen LogP contribution in [0.1, 0.15) is 40.4 Å². The zero-order valence-electron chi connectivity index (χ0n) is 21.0. The van der Waals surface area contributed by atoms with Crippen LogP contribution in [0.2, 0.25) is 0 Å². The third kappa shape index (κ3) is 3.79. The first kappa shape index (κ1) is 23.1. The highest BCUT2D eigenvalue weighted by atomic mass is 16.6. The van der Waals surface area contributed by atoms with Crippen molar-refractivity contribution in [3.63, 3.8) is 0 Å². The fourth-order valence-corrected chi connectivity index (χ4v) is 6.61. The molecule has 190 valence electrons. The number of rotatable bonds is 4. The van der Waals surface area contributed by atoms with Crippen LogP contribution in [0, 0.1) is 5.92 Å². The molecule has 0 N–H and O–H groups in total. The largest absolute Gasteiger partial charge is 0.448 e. The summed E-state index contributed by atoms with van der Waals surface area (Å²) in [5, 5.41) is 1.88. The van der Waals surface area contributed by atoms with E-state index in [1.165, 1.54) is 22.3 Å². The van der Waals surface area contributed by atoms with Gasteiger partial charge in [-0.15, -0.1) is 0 Å². The van der Waals surface area contributed by atoms with Gasteiger partial charge in [-0.25, -0.2) is 4.79 Å². The van der Waals surface area contributed by atoms with Crippen molar-refractivity contribution in [1.82, 2.24) is 9.88 Å². The molecule has 4 aromatic rings. The molecule has 2 bridgehead atoms. The van der Waals surface area contributed by atoms with Crippen molar-refractivity contribution < 1.29 is 19.1 Å². The third-order valence-electron chi connectivity index (χ3n) is 8.35. The first-order valence-electron chi connectivity index (χ1n) is 13.3. The van der Waals surface area contributed by atoms with Gasteiger partial charge in [0.1, 0.15) is 12.3 Å². The Morgan fingerprint density at radius 2 is 1.47 bits per heavy atom. The molecule has 3 heterocycles. The summed E-state index contributed by atoms with van der Waals surface area (Å²) >= 11 is 0. The van der Waals surface area contributed by atoms with E-state index in [1.54, 1.807) is 6.20 Å². The number of hydrogen-bond acceptors (Lipinski definition) is 5. The number of nitrogens with zero attached hydrogens (tertiary/aromatic N) is 2. The molecule has 0 radical (unpaired) electrons. The van der Waals surface area contributed by atoms with Crippen molar-refractivity contribution in [2.75, 3.05) is 19.8 Å². The van der Waals surface area contributed by atoms with Gasteiger partial charge in [0.25, 0.3) is 0 Å². The Kier molecular flexibility index (Phi) is 5.70. The normalized spacial score (nSPS) is 22.1. The average Bonchev–Trinajstić information content (AvgIpc) is 3.28. The summed E-state index contributed by atoms with van der Waals surface area (Å²) in [5.74, 6) is -0.144. The molecule has 0 saturated carbocycles. The number of carbonyl (C=O) groups excluding carboxylic acids is 2. The summed E-state index contributed by atoms with van der Waals surface area (Å²) in [6.45, 7) is 1.10. The van der Waals surface area contributed by atoms with Crippen LogP contribution >= 0.6 is 0 Å². The van der Waals surface area contributed by atoms with Crippen molar-refractivity contribution >= 4 is 22.6 Å². The molecule has 2 fully saturated rings. The number of Topliss-reactive ketones (excluding diaryl/α,β-unsaturated/α-hetero) is 1. The molecule has 3 aromatic carbocycles. The third-order valence-corrected chi connectivity index (χ3v) is 8.35. The lowest BCUT2D eigenvalue weighted by Crippen LogP contribution is -2.60. The number of amides is 1. The van der Waals surface area contributed by atoms with Crippen LogP contribution in [0.25, 0.3) is 21.9 Å². The Balaban J connectivity index is 1.08. The molecule has 1 aromatic heterocycles. The van der Waals surface area contributed by atoms with Crippen LogP contribution in [-0.4, -0.2) is 53.7 Å². The number of hydrogen-bond donors (Lipinski definition) is 0. The van der Waals surface area contributed by atoms with E-state index in [1.807, 2.05) is 59.5 Å². The van der Waals surface area contributed by atoms with Crippen molar-refractivity contribution in [1.29, 1.82) is 0 Å². The van der Waals surface area contributed by atoms with Crippen LogP contribution in [0.15, 0.2) is 85.1 Å². The number of piperidine rings is 1. The second kappa shape index (κ2) is 9.37. The van der Waals surface area contributed by atoms with Crippen LogP contribution in [0.4, 0.5) is 4.79 Å². The maximum absolute atomic E-state index is 13.6. The summed E-state index contributed by atoms with van der Waals surface area (Å²) < 4.78 is 11.8. The maximum atomic E-state index is 13.6. The number of ether oxygens (including phenoxy) is 2. The van der Waals surface area contributed by atoms with Crippen molar-refractivity contribution in [2.45, 2.75) is 30.8 Å². The average molecular weight is 505 g/mol. The molecule has 7 rings (SSSR count). The Labute approximate surface area is 221 Å². The number of aromatic nitrogens is 1. The second-order valence-corrected chi connectivity index (χ2v) is 10.5. The maximum Gasteiger partial charge on any atom is 0.410 e. The van der Waals surface area contributed by atoms with Gasteiger partial charge in [0.15, 0.2) is 5.78 Å². The lowest BCUT2D eigenvalue weighted by molar-refractivity contribution is -0.0748. The number of carbonyl (C=O) groups is 2. The van der Waals surface area contributed by atoms with E-state index >= 15 is 0 Å². The lowest BCUT2D eigenvalue weighted by atomic mass is 9.81. The van der Waals surface area contributed by atoms with Crippen molar-refractivity contribution in [3.05, 3.63) is 102 Å². The molecule has 1 amide bonds. The lowest BCUT2D eigenvalue weighted by Gasteiger charge is -2.47. The predicted molar refractivity (Wildman–Crippen MR) is 144 cm³/mol. The van der Waals surface area contributed by atoms with Crippen molar-refractivity contribution in [2.24, 2.45) is 5.92 Å². The minimum absolute atomic E-state index is 0.0130. The first-order valence-corrected chi connectivity index (χ1v) is 13.3. The van der Waals surface area contributed by atoms with Gasteiger partial charge in [-0.1, -0.05) is 72.8 Å². The van der Waals surface area contributed by atoms with E-state index in [9.17, 15) is 9.59 Å². The molecule has 6 heteroatoms. The van der Waals surface area contributed by atoms with E-state index in [2.05, 4.69) is 29.2 Å². The summed E-state index contributed by atoms with van der Waals surface area (Å²) in [4.78, 5) is 33.4. The Hall–Kier alpha value is -4.03. The van der Waals surface area contributed by atoms with Gasteiger partial charge in [-0.2, -0.15) is 0 Å². The number of morpholine rings is 1. The molecule has 2 atom stereocenters. The molecular formula is C32H28N2O4. The highest BCUT2D eigenvalue weighted by molar-refractivity contribution is 6.07. The molecule has 2 aliphatic heterocycles. The molecule has 1 aliphatic carbocycles. The molecule has 6 nitrogen and oxygen atoms in total. The number of ketones is 1. The smallest absolute Gasteiger partial charge is 0.410 e. The van der Waals surface area contributed by atoms with E-state index in [-0.39, 0.29) is 42.4 Å². The first-order chi connectivity index (χ1) is 18.7.